The third-order valence-electron chi connectivity index (χ3n) is 2.39. The topological polar surface area (TPSA) is 63.8 Å². The molecular formula is C12H14N4. The highest BCUT2D eigenvalue weighted by Gasteiger charge is 2.03. The lowest BCUT2D eigenvalue weighted by Crippen LogP contribution is -2.01. The largest absolute Gasteiger partial charge is 0.396 e. The van der Waals surface area contributed by atoms with Gasteiger partial charge in [-0.3, -0.25) is 0 Å². The SMILES string of the molecule is Cc1cccc(C)c1Nc1ncc(N)cn1. The number of rotatable bonds is 2. The summed E-state index contributed by atoms with van der Waals surface area (Å²) in [5, 5.41) is 3.19. The number of nitrogens with zero attached hydrogens (tertiary/aromatic N) is 2. The summed E-state index contributed by atoms with van der Waals surface area (Å²) in [5.74, 6) is 0.562. The number of nitrogens with two attached hydrogens (primary N) is 1. The molecule has 0 aliphatic rings. The second-order valence-corrected chi connectivity index (χ2v) is 3.73. The number of aryl methyl sites for hydroxylation is 2. The number of aromatic nitrogens is 2. The second kappa shape index (κ2) is 4.18. The Balaban J connectivity index is 2.30. The van der Waals surface area contributed by atoms with Gasteiger partial charge in [-0.05, 0) is 25.0 Å². The molecule has 0 bridgehead atoms. The van der Waals surface area contributed by atoms with Crippen LogP contribution < -0.4 is 11.1 Å². The van der Waals surface area contributed by atoms with Gasteiger partial charge in [0.1, 0.15) is 0 Å². The molecule has 0 saturated heterocycles. The maximum Gasteiger partial charge on any atom is 0.227 e. The van der Waals surface area contributed by atoms with Crippen LogP contribution in [0.25, 0.3) is 0 Å². The number of nitrogen functional groups attached to an aromatic ring is 1. The van der Waals surface area contributed by atoms with E-state index >= 15 is 0 Å². The predicted octanol–water partition coefficient (Wildman–Crippen LogP) is 2.42. The van der Waals surface area contributed by atoms with Gasteiger partial charge in [0, 0.05) is 5.69 Å². The van der Waals surface area contributed by atoms with Crippen molar-refractivity contribution >= 4 is 17.3 Å². The van der Waals surface area contributed by atoms with Gasteiger partial charge in [-0.2, -0.15) is 0 Å². The highest BCUT2D eigenvalue weighted by Crippen LogP contribution is 2.22. The van der Waals surface area contributed by atoms with Gasteiger partial charge in [0.2, 0.25) is 5.95 Å². The van der Waals surface area contributed by atoms with Crippen LogP contribution in [0.5, 0.6) is 0 Å². The molecule has 1 aromatic carbocycles. The van der Waals surface area contributed by atoms with Crippen LogP contribution in [0.4, 0.5) is 17.3 Å². The number of nitrogens with one attached hydrogen (secondary N) is 1. The summed E-state index contributed by atoms with van der Waals surface area (Å²) in [6, 6.07) is 6.12. The zero-order chi connectivity index (χ0) is 11.5. The minimum atomic E-state index is 0.562. The summed E-state index contributed by atoms with van der Waals surface area (Å²) in [6.45, 7) is 4.10. The predicted molar refractivity (Wildman–Crippen MR) is 65.6 cm³/mol. The molecule has 0 aliphatic carbocycles. The van der Waals surface area contributed by atoms with E-state index in [4.69, 9.17) is 5.73 Å². The maximum absolute atomic E-state index is 5.53. The first-order valence-corrected chi connectivity index (χ1v) is 5.07. The van der Waals surface area contributed by atoms with Crippen molar-refractivity contribution in [2.75, 3.05) is 11.1 Å². The third kappa shape index (κ3) is 2.11. The summed E-state index contributed by atoms with van der Waals surface area (Å²) in [6.07, 6.45) is 3.17. The third-order valence-corrected chi connectivity index (χ3v) is 2.39. The lowest BCUT2D eigenvalue weighted by molar-refractivity contribution is 1.16. The molecule has 3 N–H and O–H groups in total. The molecule has 0 fully saturated rings. The molecule has 1 aromatic heterocycles. The van der Waals surface area contributed by atoms with Crippen molar-refractivity contribution in [2.24, 2.45) is 0 Å². The van der Waals surface area contributed by atoms with E-state index in [2.05, 4.69) is 15.3 Å². The number of hydrogen-bond acceptors (Lipinski definition) is 4. The molecule has 0 radical (unpaired) electrons. The van der Waals surface area contributed by atoms with E-state index in [1.54, 1.807) is 12.4 Å². The van der Waals surface area contributed by atoms with Crippen molar-refractivity contribution in [1.82, 2.24) is 9.97 Å². The van der Waals surface area contributed by atoms with Crippen molar-refractivity contribution < 1.29 is 0 Å². The molecule has 2 aromatic rings. The van der Waals surface area contributed by atoms with Gasteiger partial charge in [0.05, 0.1) is 18.1 Å². The standard InChI is InChI=1S/C12H14N4/c1-8-4-3-5-9(2)11(8)16-12-14-6-10(13)7-15-12/h3-7H,13H2,1-2H3,(H,14,15,16). The Morgan fingerprint density at radius 3 is 2.19 bits per heavy atom. The molecule has 4 heteroatoms. The molecule has 0 aliphatic heterocycles. The minimum Gasteiger partial charge on any atom is -0.396 e. The highest BCUT2D eigenvalue weighted by molar-refractivity contribution is 5.62. The van der Waals surface area contributed by atoms with Crippen LogP contribution >= 0.6 is 0 Å². The molecule has 16 heavy (non-hydrogen) atoms. The fourth-order valence-corrected chi connectivity index (χ4v) is 1.53. The first-order chi connectivity index (χ1) is 7.66. The fraction of sp³-hybridized carbons (Fsp3) is 0.167. The molecule has 0 amide bonds. The second-order valence-electron chi connectivity index (χ2n) is 3.73. The first-order valence-electron chi connectivity index (χ1n) is 5.07. The normalized spacial score (nSPS) is 10.1. The Morgan fingerprint density at radius 1 is 1.06 bits per heavy atom. The van der Waals surface area contributed by atoms with Crippen LogP contribution in [0.15, 0.2) is 30.6 Å². The lowest BCUT2D eigenvalue weighted by Gasteiger charge is -2.10. The van der Waals surface area contributed by atoms with Crippen molar-refractivity contribution in [3.63, 3.8) is 0 Å². The van der Waals surface area contributed by atoms with Crippen molar-refractivity contribution in [2.45, 2.75) is 13.8 Å². The van der Waals surface area contributed by atoms with E-state index < -0.39 is 0 Å². The van der Waals surface area contributed by atoms with Crippen LogP contribution in [0.1, 0.15) is 11.1 Å². The molecule has 0 atom stereocenters. The van der Waals surface area contributed by atoms with E-state index in [9.17, 15) is 0 Å². The Hall–Kier alpha value is -2.10. The molecule has 0 unspecified atom stereocenters. The summed E-state index contributed by atoms with van der Waals surface area (Å²) in [7, 11) is 0. The van der Waals surface area contributed by atoms with Gasteiger partial charge < -0.3 is 11.1 Å². The zero-order valence-electron chi connectivity index (χ0n) is 9.36. The Labute approximate surface area is 94.5 Å². The van der Waals surface area contributed by atoms with Crippen LogP contribution in [-0.2, 0) is 0 Å². The lowest BCUT2D eigenvalue weighted by atomic mass is 10.1. The van der Waals surface area contributed by atoms with E-state index in [1.807, 2.05) is 32.0 Å². The molecule has 1 heterocycles. The van der Waals surface area contributed by atoms with E-state index in [1.165, 1.54) is 11.1 Å². The molecule has 2 rings (SSSR count). The molecule has 4 nitrogen and oxygen atoms in total. The summed E-state index contributed by atoms with van der Waals surface area (Å²) in [4.78, 5) is 8.22. The van der Waals surface area contributed by atoms with Gasteiger partial charge in [-0.1, -0.05) is 18.2 Å². The average molecular weight is 214 g/mol. The zero-order valence-corrected chi connectivity index (χ0v) is 9.36. The highest BCUT2D eigenvalue weighted by atomic mass is 15.1. The van der Waals surface area contributed by atoms with E-state index in [0.717, 1.165) is 5.69 Å². The van der Waals surface area contributed by atoms with Crippen LogP contribution in [0.2, 0.25) is 0 Å². The Bertz CT molecular complexity index is 471. The Kier molecular flexibility index (Phi) is 2.72. The number of hydrogen-bond donors (Lipinski definition) is 2. The Morgan fingerprint density at radius 2 is 1.62 bits per heavy atom. The number of benzene rings is 1. The molecule has 0 spiro atoms. The summed E-state index contributed by atoms with van der Waals surface area (Å²) >= 11 is 0. The summed E-state index contributed by atoms with van der Waals surface area (Å²) < 4.78 is 0. The van der Waals surface area contributed by atoms with Gasteiger partial charge in [-0.25, -0.2) is 9.97 Å². The van der Waals surface area contributed by atoms with Crippen molar-refractivity contribution in [3.8, 4) is 0 Å². The van der Waals surface area contributed by atoms with E-state index in [0.29, 0.717) is 11.6 Å². The molecule has 82 valence electrons. The molecular weight excluding hydrogens is 200 g/mol. The van der Waals surface area contributed by atoms with Gasteiger partial charge in [0.15, 0.2) is 0 Å². The quantitative estimate of drug-likeness (QED) is 0.805. The smallest absolute Gasteiger partial charge is 0.227 e. The van der Waals surface area contributed by atoms with Gasteiger partial charge in [0.25, 0.3) is 0 Å². The average Bonchev–Trinajstić information content (AvgIpc) is 2.26. The first kappa shape index (κ1) is 10.4. The minimum absolute atomic E-state index is 0.562. The van der Waals surface area contributed by atoms with Crippen molar-refractivity contribution in [1.29, 1.82) is 0 Å². The monoisotopic (exact) mass is 214 g/mol. The van der Waals surface area contributed by atoms with Crippen molar-refractivity contribution in [3.05, 3.63) is 41.7 Å². The fourth-order valence-electron chi connectivity index (χ4n) is 1.53. The number of para-hydroxylation sites is 1. The maximum atomic E-state index is 5.53. The molecule has 0 saturated carbocycles. The van der Waals surface area contributed by atoms with E-state index in [-0.39, 0.29) is 0 Å². The van der Waals surface area contributed by atoms with Gasteiger partial charge in [-0.15, -0.1) is 0 Å². The number of anilines is 3. The summed E-state index contributed by atoms with van der Waals surface area (Å²) in [5.41, 5.74) is 9.47. The van der Waals surface area contributed by atoms with Gasteiger partial charge >= 0.3 is 0 Å². The van der Waals surface area contributed by atoms with Crippen LogP contribution in [0, 0.1) is 13.8 Å². The van der Waals surface area contributed by atoms with Crippen LogP contribution in [0.3, 0.4) is 0 Å². The van der Waals surface area contributed by atoms with Crippen LogP contribution in [-0.4, -0.2) is 9.97 Å².